The van der Waals surface area contributed by atoms with E-state index in [2.05, 4.69) is 10.4 Å². The highest BCUT2D eigenvalue weighted by Gasteiger charge is 2.21. The molecule has 2 unspecified atom stereocenters. The number of rotatable bonds is 5. The van der Waals surface area contributed by atoms with Gasteiger partial charge in [0.2, 0.25) is 0 Å². The van der Waals surface area contributed by atoms with Gasteiger partial charge in [-0.05, 0) is 31.9 Å². The molecule has 0 aliphatic heterocycles. The van der Waals surface area contributed by atoms with Gasteiger partial charge in [0.1, 0.15) is 0 Å². The quantitative estimate of drug-likeness (QED) is 0.737. The molecule has 0 radical (unpaired) electrons. The van der Waals surface area contributed by atoms with Gasteiger partial charge in [0, 0.05) is 25.0 Å². The first-order valence-corrected chi connectivity index (χ1v) is 6.25. The smallest absolute Gasteiger partial charge is 0.0693 e. The maximum absolute atomic E-state index is 9.77. The Kier molecular flexibility index (Phi) is 4.36. The summed E-state index contributed by atoms with van der Waals surface area (Å²) < 4.78 is 1.94. The zero-order valence-electron chi connectivity index (χ0n) is 9.68. The van der Waals surface area contributed by atoms with E-state index in [-0.39, 0.29) is 6.10 Å². The molecule has 1 aliphatic carbocycles. The van der Waals surface area contributed by atoms with Crippen molar-refractivity contribution < 1.29 is 5.11 Å². The number of aromatic nitrogens is 2. The summed E-state index contributed by atoms with van der Waals surface area (Å²) in [6, 6.07) is 2.25. The van der Waals surface area contributed by atoms with Crippen molar-refractivity contribution in [2.75, 3.05) is 6.54 Å². The lowest BCUT2D eigenvalue weighted by Crippen LogP contribution is -2.42. The van der Waals surface area contributed by atoms with Gasteiger partial charge >= 0.3 is 0 Å². The summed E-state index contributed by atoms with van der Waals surface area (Å²) in [5, 5.41) is 17.4. The predicted octanol–water partition coefficient (Wildman–Crippen LogP) is 1.17. The van der Waals surface area contributed by atoms with Gasteiger partial charge in [-0.2, -0.15) is 5.10 Å². The van der Waals surface area contributed by atoms with E-state index in [0.717, 1.165) is 32.4 Å². The fourth-order valence-corrected chi connectivity index (χ4v) is 2.31. The molecule has 4 nitrogen and oxygen atoms in total. The first-order valence-electron chi connectivity index (χ1n) is 6.25. The van der Waals surface area contributed by atoms with Crippen LogP contribution in [0.15, 0.2) is 18.5 Å². The Hall–Kier alpha value is -0.870. The molecular formula is C12H21N3O. The van der Waals surface area contributed by atoms with E-state index in [1.54, 1.807) is 6.20 Å². The highest BCUT2D eigenvalue weighted by molar-refractivity contribution is 4.80. The SMILES string of the molecule is OC1CCCCC1NCCCn1cccn1. The van der Waals surface area contributed by atoms with Gasteiger partial charge in [0.05, 0.1) is 6.10 Å². The van der Waals surface area contributed by atoms with Gasteiger partial charge in [-0.3, -0.25) is 4.68 Å². The van der Waals surface area contributed by atoms with E-state index < -0.39 is 0 Å². The monoisotopic (exact) mass is 223 g/mol. The molecule has 1 saturated carbocycles. The molecule has 2 N–H and O–H groups in total. The molecule has 1 aromatic rings. The Bertz CT molecular complexity index is 286. The zero-order chi connectivity index (χ0) is 11.2. The minimum absolute atomic E-state index is 0.140. The fraction of sp³-hybridized carbons (Fsp3) is 0.750. The topological polar surface area (TPSA) is 50.1 Å². The second-order valence-corrected chi connectivity index (χ2v) is 4.54. The Labute approximate surface area is 96.7 Å². The standard InChI is InChI=1S/C12H21N3O/c16-12-6-2-1-5-11(12)13-7-3-9-15-10-4-8-14-15/h4,8,10-13,16H,1-3,5-7,9H2. The van der Waals surface area contributed by atoms with Crippen molar-refractivity contribution >= 4 is 0 Å². The van der Waals surface area contributed by atoms with Crippen LogP contribution in [0.25, 0.3) is 0 Å². The maximum atomic E-state index is 9.77. The molecule has 0 saturated heterocycles. The van der Waals surface area contributed by atoms with Gasteiger partial charge in [-0.1, -0.05) is 12.8 Å². The molecule has 0 amide bonds. The number of nitrogens with zero attached hydrogens (tertiary/aromatic N) is 2. The summed E-state index contributed by atoms with van der Waals surface area (Å²) >= 11 is 0. The van der Waals surface area contributed by atoms with Crippen molar-refractivity contribution in [1.29, 1.82) is 0 Å². The first-order chi connectivity index (χ1) is 7.86. The van der Waals surface area contributed by atoms with Crippen LogP contribution in [0, 0.1) is 0 Å². The minimum atomic E-state index is -0.140. The largest absolute Gasteiger partial charge is 0.392 e. The van der Waals surface area contributed by atoms with Crippen LogP contribution in [0.4, 0.5) is 0 Å². The second-order valence-electron chi connectivity index (χ2n) is 4.54. The van der Waals surface area contributed by atoms with Gasteiger partial charge in [0.25, 0.3) is 0 Å². The maximum Gasteiger partial charge on any atom is 0.0693 e. The molecule has 1 aliphatic rings. The summed E-state index contributed by atoms with van der Waals surface area (Å²) in [4.78, 5) is 0. The van der Waals surface area contributed by atoms with Gasteiger partial charge in [-0.15, -0.1) is 0 Å². The summed E-state index contributed by atoms with van der Waals surface area (Å²) in [6.07, 6.45) is 9.19. The molecule has 1 heterocycles. The number of aliphatic hydroxyl groups excluding tert-OH is 1. The van der Waals surface area contributed by atoms with Crippen molar-refractivity contribution in [1.82, 2.24) is 15.1 Å². The van der Waals surface area contributed by atoms with Crippen LogP contribution in [-0.2, 0) is 6.54 Å². The summed E-state index contributed by atoms with van der Waals surface area (Å²) in [5.74, 6) is 0. The van der Waals surface area contributed by atoms with E-state index in [9.17, 15) is 5.11 Å². The molecule has 0 aromatic carbocycles. The van der Waals surface area contributed by atoms with Crippen LogP contribution in [0.5, 0.6) is 0 Å². The third-order valence-electron chi connectivity index (χ3n) is 3.26. The van der Waals surface area contributed by atoms with Crippen molar-refractivity contribution in [2.45, 2.75) is 50.8 Å². The van der Waals surface area contributed by atoms with Gasteiger partial charge < -0.3 is 10.4 Å². The van der Waals surface area contributed by atoms with Crippen LogP contribution >= 0.6 is 0 Å². The number of nitrogens with one attached hydrogen (secondary N) is 1. The molecule has 2 rings (SSSR count). The molecule has 2 atom stereocenters. The average Bonchev–Trinajstić information content (AvgIpc) is 2.79. The van der Waals surface area contributed by atoms with E-state index in [4.69, 9.17) is 0 Å². The van der Waals surface area contributed by atoms with Crippen molar-refractivity contribution in [3.8, 4) is 0 Å². The second kappa shape index (κ2) is 6.01. The molecule has 4 heteroatoms. The van der Waals surface area contributed by atoms with Crippen LogP contribution < -0.4 is 5.32 Å². The summed E-state index contributed by atoms with van der Waals surface area (Å²) in [6.45, 7) is 1.91. The minimum Gasteiger partial charge on any atom is -0.392 e. The predicted molar refractivity (Wildman–Crippen MR) is 63.1 cm³/mol. The molecule has 16 heavy (non-hydrogen) atoms. The Balaban J connectivity index is 1.60. The van der Waals surface area contributed by atoms with Crippen LogP contribution in [0.1, 0.15) is 32.1 Å². The molecule has 1 aromatic heterocycles. The van der Waals surface area contributed by atoms with Crippen molar-refractivity contribution in [3.63, 3.8) is 0 Å². The highest BCUT2D eigenvalue weighted by Crippen LogP contribution is 2.18. The number of aliphatic hydroxyl groups is 1. The van der Waals surface area contributed by atoms with Gasteiger partial charge in [-0.25, -0.2) is 0 Å². The molecule has 1 fully saturated rings. The third kappa shape index (κ3) is 3.32. The van der Waals surface area contributed by atoms with Crippen molar-refractivity contribution in [2.24, 2.45) is 0 Å². The first kappa shape index (κ1) is 11.6. The number of aryl methyl sites for hydroxylation is 1. The van der Waals surface area contributed by atoms with E-state index in [1.807, 2.05) is 16.9 Å². The lowest BCUT2D eigenvalue weighted by atomic mass is 9.92. The molecular weight excluding hydrogens is 202 g/mol. The Morgan fingerprint density at radius 3 is 3.00 bits per heavy atom. The zero-order valence-corrected chi connectivity index (χ0v) is 9.68. The average molecular weight is 223 g/mol. The normalized spacial score (nSPS) is 25.8. The Morgan fingerprint density at radius 1 is 1.38 bits per heavy atom. The van der Waals surface area contributed by atoms with E-state index in [0.29, 0.717) is 6.04 Å². The number of hydrogen-bond donors (Lipinski definition) is 2. The summed E-state index contributed by atoms with van der Waals surface area (Å²) in [5.41, 5.74) is 0. The van der Waals surface area contributed by atoms with Crippen molar-refractivity contribution in [3.05, 3.63) is 18.5 Å². The van der Waals surface area contributed by atoms with Crippen LogP contribution in [0.3, 0.4) is 0 Å². The van der Waals surface area contributed by atoms with Gasteiger partial charge in [0.15, 0.2) is 0 Å². The van der Waals surface area contributed by atoms with Crippen LogP contribution in [0.2, 0.25) is 0 Å². The highest BCUT2D eigenvalue weighted by atomic mass is 16.3. The fourth-order valence-electron chi connectivity index (χ4n) is 2.31. The molecule has 0 bridgehead atoms. The Morgan fingerprint density at radius 2 is 2.25 bits per heavy atom. The summed E-state index contributed by atoms with van der Waals surface area (Å²) in [7, 11) is 0. The van der Waals surface area contributed by atoms with E-state index >= 15 is 0 Å². The number of hydrogen-bond acceptors (Lipinski definition) is 3. The lowest BCUT2D eigenvalue weighted by molar-refractivity contribution is 0.0908. The lowest BCUT2D eigenvalue weighted by Gasteiger charge is -2.28. The van der Waals surface area contributed by atoms with E-state index in [1.165, 1.54) is 12.8 Å². The van der Waals surface area contributed by atoms with Crippen LogP contribution in [-0.4, -0.2) is 33.6 Å². The molecule has 0 spiro atoms. The third-order valence-corrected chi connectivity index (χ3v) is 3.26. The molecule has 90 valence electrons.